The van der Waals surface area contributed by atoms with E-state index in [1.807, 2.05) is 0 Å². The van der Waals surface area contributed by atoms with Gasteiger partial charge in [0.05, 0.1) is 11.2 Å². The number of anilines is 1. The maximum atomic E-state index is 12.1. The van der Waals surface area contributed by atoms with Crippen molar-refractivity contribution in [1.82, 2.24) is 4.98 Å². The molecule has 0 fully saturated rings. The van der Waals surface area contributed by atoms with E-state index in [1.54, 1.807) is 31.4 Å². The first-order valence-electron chi connectivity index (χ1n) is 5.26. The van der Waals surface area contributed by atoms with Gasteiger partial charge in [0.2, 0.25) is 0 Å². The molecule has 0 aliphatic heterocycles. The van der Waals surface area contributed by atoms with Crippen molar-refractivity contribution in [3.05, 3.63) is 30.5 Å². The molecule has 0 spiro atoms. The molecule has 1 aromatic carbocycles. The zero-order chi connectivity index (χ0) is 13.2. The predicted octanol–water partition coefficient (Wildman–Crippen LogP) is 3.22. The van der Waals surface area contributed by atoms with Crippen LogP contribution in [0.4, 0.5) is 18.9 Å². The van der Waals surface area contributed by atoms with E-state index in [2.05, 4.69) is 10.3 Å². The number of fused-ring (bicyclic) bond motifs is 1. The molecule has 0 amide bonds. The molecule has 0 bridgehead atoms. The number of benzene rings is 1. The molecule has 0 atom stereocenters. The first kappa shape index (κ1) is 12.5. The van der Waals surface area contributed by atoms with Crippen LogP contribution in [0, 0.1) is 0 Å². The molecule has 1 heterocycles. The minimum Gasteiger partial charge on any atom is -0.482 e. The van der Waals surface area contributed by atoms with E-state index in [0.717, 1.165) is 5.39 Å². The molecule has 0 saturated heterocycles. The molecular formula is C12H11F3N2O. The maximum absolute atomic E-state index is 12.1. The summed E-state index contributed by atoms with van der Waals surface area (Å²) < 4.78 is 41.2. The SMILES string of the molecule is CNc1c(OCC(F)(F)F)ccc2ncccc12. The zero-order valence-electron chi connectivity index (χ0n) is 9.58. The molecule has 2 aromatic rings. The van der Waals surface area contributed by atoms with Crippen molar-refractivity contribution in [3.63, 3.8) is 0 Å². The van der Waals surface area contributed by atoms with Crippen molar-refractivity contribution in [2.75, 3.05) is 19.0 Å². The van der Waals surface area contributed by atoms with Crippen molar-refractivity contribution in [2.45, 2.75) is 6.18 Å². The Morgan fingerprint density at radius 1 is 1.28 bits per heavy atom. The van der Waals surface area contributed by atoms with Gasteiger partial charge in [-0.15, -0.1) is 0 Å². The average Bonchev–Trinajstić information content (AvgIpc) is 2.34. The number of nitrogens with zero attached hydrogens (tertiary/aromatic N) is 1. The van der Waals surface area contributed by atoms with Crippen LogP contribution in [0.3, 0.4) is 0 Å². The van der Waals surface area contributed by atoms with Gasteiger partial charge in [0, 0.05) is 18.6 Å². The van der Waals surface area contributed by atoms with Crippen molar-refractivity contribution in [1.29, 1.82) is 0 Å². The van der Waals surface area contributed by atoms with Crippen LogP contribution >= 0.6 is 0 Å². The second-order valence-corrected chi connectivity index (χ2v) is 3.66. The van der Waals surface area contributed by atoms with Crippen LogP contribution in [-0.4, -0.2) is 24.8 Å². The van der Waals surface area contributed by atoms with E-state index in [4.69, 9.17) is 4.74 Å². The number of hydrogen-bond donors (Lipinski definition) is 1. The van der Waals surface area contributed by atoms with Gasteiger partial charge in [-0.05, 0) is 24.3 Å². The summed E-state index contributed by atoms with van der Waals surface area (Å²) in [6.07, 6.45) is -2.73. The number of nitrogens with one attached hydrogen (secondary N) is 1. The van der Waals surface area contributed by atoms with Gasteiger partial charge < -0.3 is 10.1 Å². The number of rotatable bonds is 3. The Morgan fingerprint density at radius 2 is 2.06 bits per heavy atom. The Balaban J connectivity index is 2.39. The second-order valence-electron chi connectivity index (χ2n) is 3.66. The van der Waals surface area contributed by atoms with Gasteiger partial charge in [-0.1, -0.05) is 0 Å². The Hall–Kier alpha value is -1.98. The molecule has 0 aliphatic carbocycles. The first-order chi connectivity index (χ1) is 8.51. The van der Waals surface area contributed by atoms with Gasteiger partial charge >= 0.3 is 6.18 Å². The zero-order valence-corrected chi connectivity index (χ0v) is 9.58. The fourth-order valence-electron chi connectivity index (χ4n) is 1.67. The van der Waals surface area contributed by atoms with Crippen LogP contribution in [-0.2, 0) is 0 Å². The molecule has 0 saturated carbocycles. The van der Waals surface area contributed by atoms with E-state index < -0.39 is 12.8 Å². The fraction of sp³-hybridized carbons (Fsp3) is 0.250. The summed E-state index contributed by atoms with van der Waals surface area (Å²) in [5.74, 6) is 0.162. The normalized spacial score (nSPS) is 11.6. The summed E-state index contributed by atoms with van der Waals surface area (Å²) in [6.45, 7) is -1.31. The number of halogens is 3. The fourth-order valence-corrected chi connectivity index (χ4v) is 1.67. The summed E-state index contributed by atoms with van der Waals surface area (Å²) >= 11 is 0. The third-order valence-electron chi connectivity index (χ3n) is 2.39. The quantitative estimate of drug-likeness (QED) is 0.915. The van der Waals surface area contributed by atoms with E-state index in [1.165, 1.54) is 6.07 Å². The number of hydrogen-bond acceptors (Lipinski definition) is 3. The molecule has 6 heteroatoms. The standard InChI is InChI=1S/C12H11F3N2O/c1-16-11-8-3-2-6-17-9(8)4-5-10(11)18-7-12(13,14)15/h2-6,16H,7H2,1H3. The third-order valence-corrected chi connectivity index (χ3v) is 2.39. The topological polar surface area (TPSA) is 34.1 Å². The molecule has 0 unspecified atom stereocenters. The van der Waals surface area contributed by atoms with Crippen LogP contribution in [0.2, 0.25) is 0 Å². The highest BCUT2D eigenvalue weighted by atomic mass is 19.4. The predicted molar refractivity (Wildman–Crippen MR) is 62.8 cm³/mol. The number of aromatic nitrogens is 1. The minimum absolute atomic E-state index is 0.162. The lowest BCUT2D eigenvalue weighted by molar-refractivity contribution is -0.153. The van der Waals surface area contributed by atoms with Gasteiger partial charge in [-0.3, -0.25) is 4.98 Å². The van der Waals surface area contributed by atoms with Gasteiger partial charge in [0.15, 0.2) is 6.61 Å². The van der Waals surface area contributed by atoms with Gasteiger partial charge in [0.25, 0.3) is 0 Å². The van der Waals surface area contributed by atoms with Crippen LogP contribution in [0.1, 0.15) is 0 Å². The highest BCUT2D eigenvalue weighted by molar-refractivity contribution is 5.94. The Bertz CT molecular complexity index is 555. The van der Waals surface area contributed by atoms with Crippen molar-refractivity contribution < 1.29 is 17.9 Å². The molecule has 1 aromatic heterocycles. The van der Waals surface area contributed by atoms with Crippen LogP contribution in [0.15, 0.2) is 30.5 Å². The van der Waals surface area contributed by atoms with Crippen LogP contribution < -0.4 is 10.1 Å². The van der Waals surface area contributed by atoms with Gasteiger partial charge in [-0.2, -0.15) is 13.2 Å². The van der Waals surface area contributed by atoms with Gasteiger partial charge in [0.1, 0.15) is 5.75 Å². The molecule has 18 heavy (non-hydrogen) atoms. The van der Waals surface area contributed by atoms with Crippen LogP contribution in [0.5, 0.6) is 5.75 Å². The summed E-state index contributed by atoms with van der Waals surface area (Å²) in [5.41, 5.74) is 1.20. The Morgan fingerprint density at radius 3 is 2.72 bits per heavy atom. The smallest absolute Gasteiger partial charge is 0.422 e. The molecule has 0 radical (unpaired) electrons. The Labute approximate surface area is 102 Å². The molecule has 1 N–H and O–H groups in total. The first-order valence-corrected chi connectivity index (χ1v) is 5.26. The second kappa shape index (κ2) is 4.72. The number of pyridine rings is 1. The lowest BCUT2D eigenvalue weighted by Gasteiger charge is -2.14. The van der Waals surface area contributed by atoms with E-state index in [0.29, 0.717) is 11.2 Å². The largest absolute Gasteiger partial charge is 0.482 e. The molecular weight excluding hydrogens is 245 g/mol. The monoisotopic (exact) mass is 256 g/mol. The maximum Gasteiger partial charge on any atom is 0.422 e. The van der Waals surface area contributed by atoms with E-state index in [-0.39, 0.29) is 5.75 Å². The van der Waals surface area contributed by atoms with Crippen molar-refractivity contribution in [3.8, 4) is 5.75 Å². The summed E-state index contributed by atoms with van der Waals surface area (Å²) in [7, 11) is 1.63. The molecule has 3 nitrogen and oxygen atoms in total. The molecule has 2 rings (SSSR count). The number of alkyl halides is 3. The van der Waals surface area contributed by atoms with Crippen molar-refractivity contribution in [2.24, 2.45) is 0 Å². The van der Waals surface area contributed by atoms with Crippen LogP contribution in [0.25, 0.3) is 10.9 Å². The van der Waals surface area contributed by atoms with Crippen molar-refractivity contribution >= 4 is 16.6 Å². The molecule has 0 aliphatic rings. The summed E-state index contributed by atoms with van der Waals surface area (Å²) in [4.78, 5) is 4.12. The lowest BCUT2D eigenvalue weighted by Crippen LogP contribution is -2.19. The average molecular weight is 256 g/mol. The highest BCUT2D eigenvalue weighted by Crippen LogP contribution is 2.32. The number of ether oxygens (including phenoxy) is 1. The summed E-state index contributed by atoms with van der Waals surface area (Å²) in [6, 6.07) is 6.60. The third kappa shape index (κ3) is 2.64. The van der Waals surface area contributed by atoms with Gasteiger partial charge in [-0.25, -0.2) is 0 Å². The minimum atomic E-state index is -4.35. The Kier molecular flexibility index (Phi) is 3.27. The molecule has 96 valence electrons. The summed E-state index contributed by atoms with van der Waals surface area (Å²) in [5, 5.41) is 3.56. The van der Waals surface area contributed by atoms with E-state index in [9.17, 15) is 13.2 Å². The highest BCUT2D eigenvalue weighted by Gasteiger charge is 2.29. The lowest BCUT2D eigenvalue weighted by atomic mass is 10.1. The van der Waals surface area contributed by atoms with E-state index >= 15 is 0 Å².